The number of benzene rings is 1. The third kappa shape index (κ3) is 2.81. The van der Waals surface area contributed by atoms with E-state index in [0.29, 0.717) is 0 Å². The van der Waals surface area contributed by atoms with E-state index < -0.39 is 17.8 Å². The van der Waals surface area contributed by atoms with Gasteiger partial charge in [-0.05, 0) is 19.1 Å². The topological polar surface area (TPSA) is 47.8 Å². The van der Waals surface area contributed by atoms with Crippen LogP contribution in [-0.4, -0.2) is 20.5 Å². The van der Waals surface area contributed by atoms with Crippen LogP contribution in [0.15, 0.2) is 36.9 Å². The minimum atomic E-state index is -4.40. The van der Waals surface area contributed by atoms with Gasteiger partial charge in [0, 0.05) is 5.56 Å². The minimum absolute atomic E-state index is 0.205. The first-order chi connectivity index (χ1) is 8.89. The van der Waals surface area contributed by atoms with E-state index in [0.717, 1.165) is 12.1 Å². The maximum absolute atomic E-state index is 12.4. The highest BCUT2D eigenvalue weighted by atomic mass is 19.4. The quantitative estimate of drug-likeness (QED) is 0.805. The van der Waals surface area contributed by atoms with E-state index in [9.17, 15) is 18.0 Å². The van der Waals surface area contributed by atoms with Crippen molar-refractivity contribution in [2.45, 2.75) is 19.1 Å². The van der Waals surface area contributed by atoms with E-state index in [4.69, 9.17) is 0 Å². The Morgan fingerprint density at radius 2 is 1.89 bits per heavy atom. The number of carbonyl (C=O) groups excluding carboxylic acids is 1. The Balaban J connectivity index is 2.21. The summed E-state index contributed by atoms with van der Waals surface area (Å²) in [5.74, 6) is -0.320. The van der Waals surface area contributed by atoms with Crippen LogP contribution in [0.2, 0.25) is 0 Å². The Hall–Kier alpha value is -2.18. The molecule has 2 rings (SSSR count). The first-order valence-corrected chi connectivity index (χ1v) is 5.45. The van der Waals surface area contributed by atoms with E-state index >= 15 is 0 Å². The molecule has 19 heavy (non-hydrogen) atoms. The molecule has 1 heterocycles. The third-order valence-corrected chi connectivity index (χ3v) is 2.71. The van der Waals surface area contributed by atoms with Crippen molar-refractivity contribution in [3.8, 4) is 0 Å². The molecule has 0 bridgehead atoms. The highest BCUT2D eigenvalue weighted by Gasteiger charge is 2.30. The molecule has 0 N–H and O–H groups in total. The molecule has 1 aromatic carbocycles. The average Bonchev–Trinajstić information content (AvgIpc) is 2.90. The fourth-order valence-corrected chi connectivity index (χ4v) is 1.60. The SMILES string of the molecule is CC(C(=O)c1ccc(C(F)(F)F)cc1)n1cncn1. The molecule has 0 radical (unpaired) electrons. The van der Waals surface area contributed by atoms with Gasteiger partial charge in [0.15, 0.2) is 5.78 Å². The number of alkyl halides is 3. The lowest BCUT2D eigenvalue weighted by Gasteiger charge is -2.11. The summed E-state index contributed by atoms with van der Waals surface area (Å²) in [6, 6.07) is 3.50. The standard InChI is InChI=1S/C12H10F3N3O/c1-8(18-7-16-6-17-18)11(19)9-2-4-10(5-3-9)12(13,14)15/h2-8H,1H3. The number of carbonyl (C=O) groups is 1. The van der Waals surface area contributed by atoms with E-state index in [1.54, 1.807) is 6.92 Å². The summed E-state index contributed by atoms with van der Waals surface area (Å²) >= 11 is 0. The molecular formula is C12H10F3N3O. The summed E-state index contributed by atoms with van der Waals surface area (Å²) in [5, 5.41) is 3.82. The fourth-order valence-electron chi connectivity index (χ4n) is 1.60. The normalized spacial score (nSPS) is 13.3. The summed E-state index contributed by atoms with van der Waals surface area (Å²) in [4.78, 5) is 15.8. The number of nitrogens with zero attached hydrogens (tertiary/aromatic N) is 3. The first-order valence-electron chi connectivity index (χ1n) is 5.45. The highest BCUT2D eigenvalue weighted by Crippen LogP contribution is 2.29. The molecule has 0 aliphatic carbocycles. The molecule has 100 valence electrons. The summed E-state index contributed by atoms with van der Waals surface area (Å²) in [7, 11) is 0. The Morgan fingerprint density at radius 3 is 2.37 bits per heavy atom. The predicted octanol–water partition coefficient (Wildman–Crippen LogP) is 2.74. The first kappa shape index (κ1) is 13.3. The van der Waals surface area contributed by atoms with E-state index in [2.05, 4.69) is 10.1 Å². The Bertz CT molecular complexity index is 561. The van der Waals surface area contributed by atoms with Crippen molar-refractivity contribution in [3.63, 3.8) is 0 Å². The number of Topliss-reactive ketones (excluding diaryl/α,β-unsaturated/α-hetero) is 1. The molecule has 0 spiro atoms. The van der Waals surface area contributed by atoms with Crippen LogP contribution >= 0.6 is 0 Å². The molecule has 1 unspecified atom stereocenters. The minimum Gasteiger partial charge on any atom is -0.292 e. The van der Waals surface area contributed by atoms with E-state index in [-0.39, 0.29) is 11.3 Å². The van der Waals surface area contributed by atoms with E-state index in [1.807, 2.05) is 0 Å². The molecule has 0 saturated carbocycles. The predicted molar refractivity (Wildman–Crippen MR) is 60.5 cm³/mol. The molecule has 0 amide bonds. The summed E-state index contributed by atoms with van der Waals surface area (Å²) in [5.41, 5.74) is -0.576. The average molecular weight is 269 g/mol. The molecule has 0 aliphatic rings. The van der Waals surface area contributed by atoms with Crippen molar-refractivity contribution >= 4 is 5.78 Å². The molecule has 0 fully saturated rings. The second kappa shape index (κ2) is 4.83. The highest BCUT2D eigenvalue weighted by molar-refractivity contribution is 5.98. The van der Waals surface area contributed by atoms with Gasteiger partial charge >= 0.3 is 6.18 Å². The van der Waals surface area contributed by atoms with Crippen LogP contribution in [0.5, 0.6) is 0 Å². The van der Waals surface area contributed by atoms with Crippen molar-refractivity contribution in [1.29, 1.82) is 0 Å². The lowest BCUT2D eigenvalue weighted by molar-refractivity contribution is -0.137. The zero-order valence-corrected chi connectivity index (χ0v) is 9.93. The molecule has 7 heteroatoms. The molecule has 2 aromatic rings. The number of ketones is 1. The van der Waals surface area contributed by atoms with Crippen LogP contribution in [0.4, 0.5) is 13.2 Å². The summed E-state index contributed by atoms with van der Waals surface area (Å²) < 4.78 is 38.5. The van der Waals surface area contributed by atoms with Crippen molar-refractivity contribution in [1.82, 2.24) is 14.8 Å². The summed E-state index contributed by atoms with van der Waals surface area (Å²) in [6.45, 7) is 1.61. The van der Waals surface area contributed by atoms with Gasteiger partial charge < -0.3 is 0 Å². The van der Waals surface area contributed by atoms with Gasteiger partial charge in [-0.25, -0.2) is 9.67 Å². The van der Waals surface area contributed by atoms with Gasteiger partial charge in [0.05, 0.1) is 5.56 Å². The van der Waals surface area contributed by atoms with Crippen molar-refractivity contribution in [2.24, 2.45) is 0 Å². The molecule has 0 aliphatic heterocycles. The van der Waals surface area contributed by atoms with Gasteiger partial charge in [0.1, 0.15) is 18.7 Å². The van der Waals surface area contributed by atoms with Crippen LogP contribution < -0.4 is 0 Å². The third-order valence-electron chi connectivity index (χ3n) is 2.71. The monoisotopic (exact) mass is 269 g/mol. The fraction of sp³-hybridized carbons (Fsp3) is 0.250. The van der Waals surface area contributed by atoms with Gasteiger partial charge in [-0.3, -0.25) is 4.79 Å². The lowest BCUT2D eigenvalue weighted by atomic mass is 10.0. The maximum Gasteiger partial charge on any atom is 0.416 e. The lowest BCUT2D eigenvalue weighted by Crippen LogP contribution is -2.17. The molecule has 1 aromatic heterocycles. The van der Waals surface area contributed by atoms with Crippen LogP contribution in [0.1, 0.15) is 28.9 Å². The molecule has 4 nitrogen and oxygen atoms in total. The second-order valence-electron chi connectivity index (χ2n) is 3.99. The number of hydrogen-bond donors (Lipinski definition) is 0. The van der Waals surface area contributed by atoms with Gasteiger partial charge in [-0.1, -0.05) is 12.1 Å². The number of aromatic nitrogens is 3. The van der Waals surface area contributed by atoms with Gasteiger partial charge in [0.2, 0.25) is 0 Å². The largest absolute Gasteiger partial charge is 0.416 e. The van der Waals surface area contributed by atoms with Crippen LogP contribution in [-0.2, 0) is 6.18 Å². The van der Waals surface area contributed by atoms with Gasteiger partial charge in [0.25, 0.3) is 0 Å². The van der Waals surface area contributed by atoms with Crippen molar-refractivity contribution in [3.05, 3.63) is 48.0 Å². The maximum atomic E-state index is 12.4. The Labute approximate surface area is 106 Å². The van der Waals surface area contributed by atoms with Crippen LogP contribution in [0, 0.1) is 0 Å². The summed E-state index contributed by atoms with van der Waals surface area (Å²) in [6.07, 6.45) is -1.73. The zero-order valence-electron chi connectivity index (χ0n) is 9.93. The van der Waals surface area contributed by atoms with Gasteiger partial charge in [-0.2, -0.15) is 18.3 Å². The van der Waals surface area contributed by atoms with E-state index in [1.165, 1.54) is 29.5 Å². The number of hydrogen-bond acceptors (Lipinski definition) is 3. The Kier molecular flexibility index (Phi) is 3.37. The Morgan fingerprint density at radius 1 is 1.26 bits per heavy atom. The van der Waals surface area contributed by atoms with Crippen LogP contribution in [0.25, 0.3) is 0 Å². The van der Waals surface area contributed by atoms with Crippen molar-refractivity contribution < 1.29 is 18.0 Å². The zero-order chi connectivity index (χ0) is 14.0. The number of halogens is 3. The molecular weight excluding hydrogens is 259 g/mol. The second-order valence-corrected chi connectivity index (χ2v) is 3.99. The molecule has 1 atom stereocenters. The molecule has 0 saturated heterocycles. The van der Waals surface area contributed by atoms with Gasteiger partial charge in [-0.15, -0.1) is 0 Å². The smallest absolute Gasteiger partial charge is 0.292 e. The van der Waals surface area contributed by atoms with Crippen LogP contribution in [0.3, 0.4) is 0 Å². The van der Waals surface area contributed by atoms with Crippen molar-refractivity contribution in [2.75, 3.05) is 0 Å². The number of rotatable bonds is 3.